The maximum atomic E-state index is 11.3. The van der Waals surface area contributed by atoms with Gasteiger partial charge in [-0.1, -0.05) is 20.3 Å². The van der Waals surface area contributed by atoms with Gasteiger partial charge in [-0.2, -0.15) is 0 Å². The minimum atomic E-state index is -0.445. The predicted molar refractivity (Wildman–Crippen MR) is 53.8 cm³/mol. The van der Waals surface area contributed by atoms with Gasteiger partial charge < -0.3 is 9.84 Å². The summed E-state index contributed by atoms with van der Waals surface area (Å²) >= 11 is 0. The smallest absolute Gasteiger partial charge is 0.306 e. The van der Waals surface area contributed by atoms with Crippen molar-refractivity contribution in [3.63, 3.8) is 0 Å². The summed E-state index contributed by atoms with van der Waals surface area (Å²) in [4.78, 5) is 11.3. The second-order valence-electron chi connectivity index (χ2n) is 4.48. The molecule has 1 rings (SSSR count). The van der Waals surface area contributed by atoms with E-state index in [1.807, 2.05) is 13.8 Å². The third kappa shape index (κ3) is 3.66. The van der Waals surface area contributed by atoms with Crippen molar-refractivity contribution in [2.45, 2.75) is 58.2 Å². The van der Waals surface area contributed by atoms with Gasteiger partial charge in [-0.15, -0.1) is 0 Å². The first kappa shape index (κ1) is 11.5. The molecule has 3 nitrogen and oxygen atoms in total. The molecule has 1 N–H and O–H groups in total. The zero-order valence-corrected chi connectivity index (χ0v) is 9.03. The molecule has 0 aromatic carbocycles. The van der Waals surface area contributed by atoms with E-state index in [0.29, 0.717) is 12.3 Å². The number of ether oxygens (including phenoxy) is 1. The van der Waals surface area contributed by atoms with Gasteiger partial charge in [0, 0.05) is 6.42 Å². The molecule has 14 heavy (non-hydrogen) atoms. The maximum Gasteiger partial charge on any atom is 0.306 e. The minimum Gasteiger partial charge on any atom is -0.460 e. The van der Waals surface area contributed by atoms with Crippen molar-refractivity contribution in [3.8, 4) is 0 Å². The Morgan fingerprint density at radius 2 is 2.07 bits per heavy atom. The Morgan fingerprint density at radius 3 is 2.64 bits per heavy atom. The number of hydrogen-bond donors (Lipinski definition) is 1. The number of aliphatic hydroxyl groups excluding tert-OH is 1. The second kappa shape index (κ2) is 5.35. The molecular weight excluding hydrogens is 180 g/mol. The van der Waals surface area contributed by atoms with Crippen LogP contribution in [0.5, 0.6) is 0 Å². The SMILES string of the molecule is CC(C)CC(=O)O[C@@H]1CCCC[C@H]1O. The largest absolute Gasteiger partial charge is 0.460 e. The Bertz CT molecular complexity index is 189. The van der Waals surface area contributed by atoms with Gasteiger partial charge in [-0.25, -0.2) is 0 Å². The summed E-state index contributed by atoms with van der Waals surface area (Å²) in [5.41, 5.74) is 0. The minimum absolute atomic E-state index is 0.175. The first-order valence-electron chi connectivity index (χ1n) is 5.47. The van der Waals surface area contributed by atoms with E-state index in [1.54, 1.807) is 0 Å². The van der Waals surface area contributed by atoms with Crippen LogP contribution in [0.3, 0.4) is 0 Å². The number of carbonyl (C=O) groups is 1. The lowest BCUT2D eigenvalue weighted by molar-refractivity contribution is -0.158. The van der Waals surface area contributed by atoms with E-state index in [0.717, 1.165) is 25.7 Å². The van der Waals surface area contributed by atoms with Crippen LogP contribution < -0.4 is 0 Å². The summed E-state index contributed by atoms with van der Waals surface area (Å²) in [7, 11) is 0. The zero-order valence-electron chi connectivity index (χ0n) is 9.03. The van der Waals surface area contributed by atoms with Crippen LogP contribution in [0, 0.1) is 5.92 Å². The highest BCUT2D eigenvalue weighted by molar-refractivity contribution is 5.69. The number of hydrogen-bond acceptors (Lipinski definition) is 3. The van der Waals surface area contributed by atoms with Crippen LogP contribution in [0.1, 0.15) is 46.0 Å². The fourth-order valence-electron chi connectivity index (χ4n) is 1.77. The summed E-state index contributed by atoms with van der Waals surface area (Å²) in [6, 6.07) is 0. The van der Waals surface area contributed by atoms with Gasteiger partial charge >= 0.3 is 5.97 Å². The molecule has 1 saturated carbocycles. The molecule has 3 heteroatoms. The first-order valence-corrected chi connectivity index (χ1v) is 5.47. The maximum absolute atomic E-state index is 11.3. The van der Waals surface area contributed by atoms with Gasteiger partial charge in [0.15, 0.2) is 0 Å². The molecule has 82 valence electrons. The molecule has 0 unspecified atom stereocenters. The normalized spacial score (nSPS) is 27.7. The molecule has 0 heterocycles. The van der Waals surface area contributed by atoms with Crippen LogP contribution in [-0.4, -0.2) is 23.3 Å². The van der Waals surface area contributed by atoms with E-state index in [-0.39, 0.29) is 12.1 Å². The van der Waals surface area contributed by atoms with Crippen LogP contribution in [-0.2, 0) is 9.53 Å². The fourth-order valence-corrected chi connectivity index (χ4v) is 1.77. The van der Waals surface area contributed by atoms with Gasteiger partial charge in [0.05, 0.1) is 6.10 Å². The monoisotopic (exact) mass is 200 g/mol. The lowest BCUT2D eigenvalue weighted by Crippen LogP contribution is -2.34. The van der Waals surface area contributed by atoms with Crippen LogP contribution in [0.2, 0.25) is 0 Å². The van der Waals surface area contributed by atoms with Gasteiger partial charge in [0.1, 0.15) is 6.10 Å². The van der Waals surface area contributed by atoms with E-state index in [1.165, 1.54) is 0 Å². The highest BCUT2D eigenvalue weighted by Crippen LogP contribution is 2.21. The van der Waals surface area contributed by atoms with Gasteiger partial charge in [-0.3, -0.25) is 4.79 Å². The third-order valence-corrected chi connectivity index (χ3v) is 2.53. The number of aliphatic hydroxyl groups is 1. The van der Waals surface area contributed by atoms with Gasteiger partial charge in [0.25, 0.3) is 0 Å². The molecule has 0 spiro atoms. The van der Waals surface area contributed by atoms with Crippen LogP contribution >= 0.6 is 0 Å². The van der Waals surface area contributed by atoms with Crippen molar-refractivity contribution in [3.05, 3.63) is 0 Å². The van der Waals surface area contributed by atoms with Crippen molar-refractivity contribution >= 4 is 5.97 Å². The molecule has 1 aliphatic carbocycles. The van der Waals surface area contributed by atoms with Crippen LogP contribution in [0.15, 0.2) is 0 Å². The molecule has 0 aliphatic heterocycles. The van der Waals surface area contributed by atoms with Crippen molar-refractivity contribution in [2.75, 3.05) is 0 Å². The summed E-state index contributed by atoms with van der Waals surface area (Å²) in [6.45, 7) is 3.97. The van der Waals surface area contributed by atoms with E-state index in [4.69, 9.17) is 4.74 Å². The molecule has 1 fully saturated rings. The number of carbonyl (C=O) groups excluding carboxylic acids is 1. The van der Waals surface area contributed by atoms with E-state index in [9.17, 15) is 9.90 Å². The highest BCUT2D eigenvalue weighted by Gasteiger charge is 2.26. The van der Waals surface area contributed by atoms with Crippen molar-refractivity contribution in [1.29, 1.82) is 0 Å². The topological polar surface area (TPSA) is 46.5 Å². The Hall–Kier alpha value is -0.570. The quantitative estimate of drug-likeness (QED) is 0.707. The van der Waals surface area contributed by atoms with E-state index >= 15 is 0 Å². The Morgan fingerprint density at radius 1 is 1.43 bits per heavy atom. The van der Waals surface area contributed by atoms with E-state index < -0.39 is 6.10 Å². The van der Waals surface area contributed by atoms with Crippen LogP contribution in [0.4, 0.5) is 0 Å². The summed E-state index contributed by atoms with van der Waals surface area (Å²) in [5.74, 6) is 0.147. The first-order chi connectivity index (χ1) is 6.59. The van der Waals surface area contributed by atoms with Gasteiger partial charge in [-0.05, 0) is 25.2 Å². The lowest BCUT2D eigenvalue weighted by Gasteiger charge is -2.27. The van der Waals surface area contributed by atoms with Crippen molar-refractivity contribution < 1.29 is 14.6 Å². The molecule has 0 saturated heterocycles. The third-order valence-electron chi connectivity index (χ3n) is 2.53. The molecule has 2 atom stereocenters. The number of esters is 1. The molecule has 0 bridgehead atoms. The Labute approximate surface area is 85.5 Å². The van der Waals surface area contributed by atoms with Crippen molar-refractivity contribution in [2.24, 2.45) is 5.92 Å². The van der Waals surface area contributed by atoms with E-state index in [2.05, 4.69) is 0 Å². The second-order valence-corrected chi connectivity index (χ2v) is 4.48. The van der Waals surface area contributed by atoms with Gasteiger partial charge in [0.2, 0.25) is 0 Å². The standard InChI is InChI=1S/C11H20O3/c1-8(2)7-11(13)14-10-6-4-3-5-9(10)12/h8-10,12H,3-7H2,1-2H3/t9-,10-/m1/s1. The molecule has 0 aromatic heterocycles. The highest BCUT2D eigenvalue weighted by atomic mass is 16.6. The van der Waals surface area contributed by atoms with Crippen molar-refractivity contribution in [1.82, 2.24) is 0 Å². The number of rotatable bonds is 3. The zero-order chi connectivity index (χ0) is 10.6. The Balaban J connectivity index is 2.31. The van der Waals surface area contributed by atoms with Crippen LogP contribution in [0.25, 0.3) is 0 Å². The summed E-state index contributed by atoms with van der Waals surface area (Å²) in [6.07, 6.45) is 3.42. The average Bonchev–Trinajstić information content (AvgIpc) is 2.07. The molecule has 0 amide bonds. The summed E-state index contributed by atoms with van der Waals surface area (Å²) in [5, 5.41) is 9.57. The Kier molecular flexibility index (Phi) is 4.39. The summed E-state index contributed by atoms with van der Waals surface area (Å²) < 4.78 is 5.23. The molecular formula is C11H20O3. The fraction of sp³-hybridized carbons (Fsp3) is 0.909. The molecule has 1 aliphatic rings. The predicted octanol–water partition coefficient (Wildman–Crippen LogP) is 1.88. The average molecular weight is 200 g/mol. The molecule has 0 aromatic rings. The lowest BCUT2D eigenvalue weighted by atomic mass is 9.95. The molecule has 0 radical (unpaired) electrons.